The topological polar surface area (TPSA) is 70.6 Å². The monoisotopic (exact) mass is 302 g/mol. The van der Waals surface area contributed by atoms with Crippen LogP contribution < -0.4 is 15.4 Å². The lowest BCUT2D eigenvalue weighted by molar-refractivity contribution is -0.0493. The maximum atomic E-state index is 12.3. The van der Waals surface area contributed by atoms with E-state index in [2.05, 4.69) is 15.4 Å². The maximum absolute atomic E-state index is 12.3. The number of urea groups is 1. The number of carbonyl (C=O) groups excluding carboxylic acids is 1. The fraction of sp³-hybridized carbons (Fsp3) is 0.500. The van der Waals surface area contributed by atoms with Crippen LogP contribution in [-0.4, -0.2) is 30.9 Å². The number of nitrogens with one attached hydrogen (secondary N) is 2. The van der Waals surface area contributed by atoms with Crippen molar-refractivity contribution in [2.24, 2.45) is 5.92 Å². The quantitative estimate of drug-likeness (QED) is 0.725. The van der Waals surface area contributed by atoms with Crippen LogP contribution in [-0.2, 0) is 0 Å². The second-order valence-corrected chi connectivity index (χ2v) is 4.78. The van der Waals surface area contributed by atoms with Crippen LogP contribution in [0.2, 0.25) is 0 Å². The van der Waals surface area contributed by atoms with E-state index in [1.165, 1.54) is 6.07 Å². The first-order valence-corrected chi connectivity index (χ1v) is 6.64. The van der Waals surface area contributed by atoms with Crippen LogP contribution in [0.1, 0.15) is 18.9 Å². The van der Waals surface area contributed by atoms with Gasteiger partial charge in [-0.15, -0.1) is 0 Å². The molecule has 0 fully saturated rings. The van der Waals surface area contributed by atoms with E-state index in [1.54, 1.807) is 19.1 Å². The highest BCUT2D eigenvalue weighted by Crippen LogP contribution is 2.29. The molecule has 0 heterocycles. The summed E-state index contributed by atoms with van der Waals surface area (Å²) in [4.78, 5) is 11.8. The Hall–Kier alpha value is -1.89. The number of para-hydroxylation sites is 1. The average Bonchev–Trinajstić information content (AvgIpc) is 2.40. The van der Waals surface area contributed by atoms with Gasteiger partial charge >= 0.3 is 12.6 Å². The standard InChI is InChI=1S/C14H20F2N2O3/c1-9(6-7-19)8-17-14(20)18-12-10(2)4-3-5-11(12)21-13(15)16/h3-5,9,13,19H,6-8H2,1-2H3,(H2,17,18,20). The van der Waals surface area contributed by atoms with Gasteiger partial charge in [0.15, 0.2) is 0 Å². The number of ether oxygens (including phenoxy) is 1. The first kappa shape index (κ1) is 17.2. The number of rotatable bonds is 7. The Morgan fingerprint density at radius 3 is 2.76 bits per heavy atom. The van der Waals surface area contributed by atoms with E-state index < -0.39 is 12.6 Å². The van der Waals surface area contributed by atoms with Crippen molar-refractivity contribution in [3.63, 3.8) is 0 Å². The van der Waals surface area contributed by atoms with Gasteiger partial charge in [0, 0.05) is 13.2 Å². The number of anilines is 1. The first-order chi connectivity index (χ1) is 9.93. The summed E-state index contributed by atoms with van der Waals surface area (Å²) in [7, 11) is 0. The zero-order valence-electron chi connectivity index (χ0n) is 12.0. The number of benzene rings is 1. The lowest BCUT2D eigenvalue weighted by Crippen LogP contribution is -2.33. The number of carbonyl (C=O) groups is 1. The molecule has 0 radical (unpaired) electrons. The number of hydrogen-bond acceptors (Lipinski definition) is 3. The average molecular weight is 302 g/mol. The second kappa shape index (κ2) is 8.41. The molecule has 0 aliphatic carbocycles. The number of hydrogen-bond donors (Lipinski definition) is 3. The number of aryl methyl sites for hydroxylation is 1. The number of halogens is 2. The summed E-state index contributed by atoms with van der Waals surface area (Å²) in [6.45, 7) is 1.04. The second-order valence-electron chi connectivity index (χ2n) is 4.78. The third kappa shape index (κ3) is 5.95. The van der Waals surface area contributed by atoms with Gasteiger partial charge in [-0.3, -0.25) is 0 Å². The van der Waals surface area contributed by atoms with Crippen molar-refractivity contribution in [3.05, 3.63) is 23.8 Å². The summed E-state index contributed by atoms with van der Waals surface area (Å²) in [6, 6.07) is 4.11. The normalized spacial score (nSPS) is 12.1. The molecule has 2 amide bonds. The van der Waals surface area contributed by atoms with Crippen LogP contribution in [0.15, 0.2) is 18.2 Å². The van der Waals surface area contributed by atoms with Crippen LogP contribution in [0.4, 0.5) is 19.3 Å². The van der Waals surface area contributed by atoms with E-state index in [-0.39, 0.29) is 24.0 Å². The van der Waals surface area contributed by atoms with Crippen molar-refractivity contribution < 1.29 is 23.4 Å². The highest BCUT2D eigenvalue weighted by Gasteiger charge is 2.14. The smallest absolute Gasteiger partial charge is 0.387 e. The van der Waals surface area contributed by atoms with Crippen LogP contribution in [0.25, 0.3) is 0 Å². The Morgan fingerprint density at radius 1 is 1.43 bits per heavy atom. The minimum absolute atomic E-state index is 0.0502. The molecule has 1 aromatic carbocycles. The number of alkyl halides is 2. The van der Waals surface area contributed by atoms with Crippen molar-refractivity contribution >= 4 is 11.7 Å². The third-order valence-electron chi connectivity index (χ3n) is 2.92. The third-order valence-corrected chi connectivity index (χ3v) is 2.92. The molecule has 0 bridgehead atoms. The molecule has 118 valence electrons. The van der Waals surface area contributed by atoms with Gasteiger partial charge in [-0.05, 0) is 30.9 Å². The minimum atomic E-state index is -2.96. The molecular formula is C14H20F2N2O3. The van der Waals surface area contributed by atoms with Gasteiger partial charge in [-0.2, -0.15) is 8.78 Å². The van der Waals surface area contributed by atoms with E-state index in [0.29, 0.717) is 18.5 Å². The van der Waals surface area contributed by atoms with Gasteiger partial charge in [-0.25, -0.2) is 4.79 Å². The van der Waals surface area contributed by atoms with Gasteiger partial charge in [0.05, 0.1) is 5.69 Å². The van der Waals surface area contributed by atoms with Crippen molar-refractivity contribution in [2.75, 3.05) is 18.5 Å². The highest BCUT2D eigenvalue weighted by atomic mass is 19.3. The summed E-state index contributed by atoms with van der Waals surface area (Å²) in [5, 5.41) is 13.9. The zero-order valence-corrected chi connectivity index (χ0v) is 12.0. The van der Waals surface area contributed by atoms with E-state index in [0.717, 1.165) is 0 Å². The zero-order chi connectivity index (χ0) is 15.8. The van der Waals surface area contributed by atoms with Gasteiger partial charge in [0.25, 0.3) is 0 Å². The predicted octanol–water partition coefficient (Wildman–Crippen LogP) is 2.74. The molecule has 1 unspecified atom stereocenters. The van der Waals surface area contributed by atoms with Crippen LogP contribution in [0, 0.1) is 12.8 Å². The lowest BCUT2D eigenvalue weighted by Gasteiger charge is -2.16. The number of aliphatic hydroxyl groups is 1. The Bertz CT molecular complexity index is 470. The van der Waals surface area contributed by atoms with E-state index >= 15 is 0 Å². The molecule has 1 rings (SSSR count). The summed E-state index contributed by atoms with van der Waals surface area (Å²) < 4.78 is 29.1. The fourth-order valence-electron chi connectivity index (χ4n) is 1.74. The summed E-state index contributed by atoms with van der Waals surface area (Å²) >= 11 is 0. The first-order valence-electron chi connectivity index (χ1n) is 6.64. The molecule has 0 saturated heterocycles. The Morgan fingerprint density at radius 2 is 2.14 bits per heavy atom. The largest absolute Gasteiger partial charge is 0.433 e. The van der Waals surface area contributed by atoms with Crippen molar-refractivity contribution in [3.8, 4) is 5.75 Å². The van der Waals surface area contributed by atoms with Gasteiger partial charge < -0.3 is 20.5 Å². The molecule has 3 N–H and O–H groups in total. The highest BCUT2D eigenvalue weighted by molar-refractivity contribution is 5.91. The molecule has 0 aliphatic rings. The molecule has 0 aliphatic heterocycles. The Balaban J connectivity index is 2.66. The van der Waals surface area contributed by atoms with Crippen molar-refractivity contribution in [1.29, 1.82) is 0 Å². The SMILES string of the molecule is Cc1cccc(OC(F)F)c1NC(=O)NCC(C)CCO. The van der Waals surface area contributed by atoms with Crippen LogP contribution in [0.3, 0.4) is 0 Å². The molecule has 0 aromatic heterocycles. The molecule has 0 spiro atoms. The van der Waals surface area contributed by atoms with Gasteiger partial charge in [0.2, 0.25) is 0 Å². The van der Waals surface area contributed by atoms with E-state index in [4.69, 9.17) is 5.11 Å². The minimum Gasteiger partial charge on any atom is -0.433 e. The summed E-state index contributed by atoms with van der Waals surface area (Å²) in [5.74, 6) is 0.0398. The van der Waals surface area contributed by atoms with Crippen molar-refractivity contribution in [2.45, 2.75) is 26.9 Å². The molecule has 7 heteroatoms. The van der Waals surface area contributed by atoms with Crippen molar-refractivity contribution in [1.82, 2.24) is 5.32 Å². The number of aliphatic hydroxyl groups excluding tert-OH is 1. The Kier molecular flexibility index (Phi) is 6.87. The number of amides is 2. The Labute approximate surface area is 122 Å². The molecule has 1 aromatic rings. The maximum Gasteiger partial charge on any atom is 0.387 e. The van der Waals surface area contributed by atoms with Gasteiger partial charge in [-0.1, -0.05) is 19.1 Å². The van der Waals surface area contributed by atoms with E-state index in [9.17, 15) is 13.6 Å². The predicted molar refractivity (Wildman–Crippen MR) is 75.7 cm³/mol. The lowest BCUT2D eigenvalue weighted by atomic mass is 10.1. The fourth-order valence-corrected chi connectivity index (χ4v) is 1.74. The summed E-state index contributed by atoms with van der Waals surface area (Å²) in [6.07, 6.45) is 0.574. The van der Waals surface area contributed by atoms with E-state index in [1.807, 2.05) is 6.92 Å². The molecule has 5 nitrogen and oxygen atoms in total. The molecule has 1 atom stereocenters. The summed E-state index contributed by atoms with van der Waals surface area (Å²) in [5.41, 5.74) is 0.830. The van der Waals surface area contributed by atoms with Crippen LogP contribution in [0.5, 0.6) is 5.75 Å². The van der Waals surface area contributed by atoms with Crippen LogP contribution >= 0.6 is 0 Å². The van der Waals surface area contributed by atoms with Gasteiger partial charge in [0.1, 0.15) is 5.75 Å². The molecular weight excluding hydrogens is 282 g/mol. The molecule has 21 heavy (non-hydrogen) atoms. The molecule has 0 saturated carbocycles.